The number of carbonyl (C=O) groups excluding carboxylic acids is 3. The molecular weight excluding hydrogens is 442 g/mol. The average molecular weight is 471 g/mol. The van der Waals surface area contributed by atoms with Gasteiger partial charge in [0.15, 0.2) is 0 Å². The predicted octanol–water partition coefficient (Wildman–Crippen LogP) is 3.65. The van der Waals surface area contributed by atoms with Crippen molar-refractivity contribution < 1.29 is 29.0 Å². The number of carboxylic acid groups (broad SMARTS) is 1. The van der Waals surface area contributed by atoms with Crippen molar-refractivity contribution in [2.45, 2.75) is 39.5 Å². The third-order valence-electron chi connectivity index (χ3n) is 6.83. The van der Waals surface area contributed by atoms with Crippen LogP contribution in [0.5, 0.6) is 5.75 Å². The summed E-state index contributed by atoms with van der Waals surface area (Å²) in [4.78, 5) is 39.0. The maximum Gasteiger partial charge on any atom is 0.341 e. The molecule has 2 fully saturated rings. The summed E-state index contributed by atoms with van der Waals surface area (Å²) < 4.78 is 10.7. The molecule has 4 atom stereocenters. The molecule has 2 aromatic rings. The monoisotopic (exact) mass is 470 g/mol. The van der Waals surface area contributed by atoms with E-state index in [1.807, 2.05) is 38.1 Å². The number of thiophene rings is 1. The van der Waals surface area contributed by atoms with Crippen molar-refractivity contribution in [3.8, 4) is 16.9 Å². The fraction of sp³-hybridized carbons (Fsp3) is 0.480. The van der Waals surface area contributed by atoms with E-state index in [9.17, 15) is 19.5 Å². The second-order valence-corrected chi connectivity index (χ2v) is 10.0. The second kappa shape index (κ2) is 9.55. The number of benzene rings is 1. The molecular formula is C25H28NO6S-. The van der Waals surface area contributed by atoms with Crippen molar-refractivity contribution in [2.75, 3.05) is 19.0 Å². The third-order valence-corrected chi connectivity index (χ3v) is 7.85. The zero-order chi connectivity index (χ0) is 23.7. The van der Waals surface area contributed by atoms with Crippen LogP contribution < -0.4 is 15.2 Å². The van der Waals surface area contributed by atoms with Gasteiger partial charge in [-0.3, -0.25) is 4.79 Å². The van der Waals surface area contributed by atoms with Crippen LogP contribution >= 0.6 is 11.3 Å². The molecule has 1 aromatic carbocycles. The van der Waals surface area contributed by atoms with Crippen LogP contribution in [0.3, 0.4) is 0 Å². The van der Waals surface area contributed by atoms with Crippen LogP contribution in [0.15, 0.2) is 24.3 Å². The first kappa shape index (κ1) is 23.3. The Balaban J connectivity index is 1.69. The maximum atomic E-state index is 13.3. The summed E-state index contributed by atoms with van der Waals surface area (Å²) in [6.45, 7) is 4.06. The lowest BCUT2D eigenvalue weighted by atomic mass is 9.78. The first-order valence-electron chi connectivity index (χ1n) is 11.3. The number of esters is 1. The minimum atomic E-state index is -1.16. The van der Waals surface area contributed by atoms with Gasteiger partial charge < -0.3 is 24.7 Å². The van der Waals surface area contributed by atoms with E-state index in [0.717, 1.165) is 29.7 Å². The van der Waals surface area contributed by atoms with Gasteiger partial charge in [0.05, 0.1) is 13.7 Å². The highest BCUT2D eigenvalue weighted by molar-refractivity contribution is 7.17. The first-order chi connectivity index (χ1) is 15.8. The fourth-order valence-electron chi connectivity index (χ4n) is 5.40. The van der Waals surface area contributed by atoms with Gasteiger partial charge in [0.2, 0.25) is 5.91 Å². The standard InChI is InChI=1S/C25H29NO6S/c1-4-11-32-25(30)21-18(14-7-9-17(31-3)10-8-14)13(2)33-23(21)26-22(27)19-15-5-6-16(12-15)20(19)24(28)29/h7-10,15-16,19-20H,4-6,11-12H2,1-3H3,(H,26,27)(H,28,29)/p-1/t15-,16-,19+,20+/m0/s1. The number of amides is 1. The number of hydrogen-bond donors (Lipinski definition) is 1. The van der Waals surface area contributed by atoms with Crippen LogP contribution in [0.2, 0.25) is 0 Å². The van der Waals surface area contributed by atoms with Crippen LogP contribution in [-0.2, 0) is 14.3 Å². The van der Waals surface area contributed by atoms with Crippen molar-refractivity contribution >= 4 is 34.2 Å². The highest BCUT2D eigenvalue weighted by atomic mass is 32.1. The third kappa shape index (κ3) is 4.36. The summed E-state index contributed by atoms with van der Waals surface area (Å²) in [5.41, 5.74) is 1.81. The largest absolute Gasteiger partial charge is 0.550 e. The Morgan fingerprint density at radius 2 is 1.79 bits per heavy atom. The molecule has 4 rings (SSSR count). The molecule has 0 saturated heterocycles. The zero-order valence-electron chi connectivity index (χ0n) is 19.0. The van der Waals surface area contributed by atoms with Crippen LogP contribution in [0, 0.1) is 30.6 Å². The summed E-state index contributed by atoms with van der Waals surface area (Å²) in [7, 11) is 1.58. The van der Waals surface area contributed by atoms with E-state index in [0.29, 0.717) is 28.3 Å². The van der Waals surface area contributed by atoms with E-state index >= 15 is 0 Å². The summed E-state index contributed by atoms with van der Waals surface area (Å²) in [6.07, 6.45) is 3.08. The van der Waals surface area contributed by atoms with Gasteiger partial charge in [0, 0.05) is 28.2 Å². The van der Waals surface area contributed by atoms with Gasteiger partial charge >= 0.3 is 5.97 Å². The molecule has 2 saturated carbocycles. The lowest BCUT2D eigenvalue weighted by Gasteiger charge is -2.30. The Labute approximate surface area is 197 Å². The molecule has 1 N–H and O–H groups in total. The zero-order valence-corrected chi connectivity index (χ0v) is 19.8. The van der Waals surface area contributed by atoms with Gasteiger partial charge in [-0.15, -0.1) is 11.3 Å². The predicted molar refractivity (Wildman–Crippen MR) is 123 cm³/mol. The van der Waals surface area contributed by atoms with E-state index in [2.05, 4.69) is 5.32 Å². The molecule has 0 aliphatic heterocycles. The molecule has 0 unspecified atom stereocenters. The van der Waals surface area contributed by atoms with Gasteiger partial charge in [-0.1, -0.05) is 19.1 Å². The summed E-state index contributed by atoms with van der Waals surface area (Å²) in [6, 6.07) is 7.34. The van der Waals surface area contributed by atoms with Gasteiger partial charge in [-0.05, 0) is 62.1 Å². The smallest absolute Gasteiger partial charge is 0.341 e. The molecule has 1 heterocycles. The maximum absolute atomic E-state index is 13.3. The minimum absolute atomic E-state index is 0.00956. The Bertz CT molecular complexity index is 1060. The molecule has 2 aliphatic rings. The molecule has 8 heteroatoms. The minimum Gasteiger partial charge on any atom is -0.550 e. The molecule has 1 amide bonds. The normalized spacial score (nSPS) is 23.4. The lowest BCUT2D eigenvalue weighted by molar-refractivity contribution is -0.314. The topological polar surface area (TPSA) is 105 Å². The van der Waals surface area contributed by atoms with Crippen molar-refractivity contribution in [1.82, 2.24) is 0 Å². The number of carbonyl (C=O) groups is 3. The number of carboxylic acids is 1. The summed E-state index contributed by atoms with van der Waals surface area (Å²) in [5, 5.41) is 15.1. The SMILES string of the molecule is CCCOC(=O)c1c(NC(=O)[C@@H]2[C@H]3CC[C@@H](C3)[C@H]2C(=O)[O-])sc(C)c1-c1ccc(OC)cc1. The molecule has 1 aromatic heterocycles. The van der Waals surface area contributed by atoms with Gasteiger partial charge in [0.1, 0.15) is 16.3 Å². The second-order valence-electron chi connectivity index (χ2n) is 8.79. The number of aryl methyl sites for hydroxylation is 1. The van der Waals surface area contributed by atoms with E-state index < -0.39 is 23.8 Å². The quantitative estimate of drug-likeness (QED) is 0.591. The Morgan fingerprint density at radius 1 is 1.12 bits per heavy atom. The fourth-order valence-corrected chi connectivity index (χ4v) is 6.47. The molecule has 2 aliphatic carbocycles. The van der Waals surface area contributed by atoms with Gasteiger partial charge in [-0.2, -0.15) is 0 Å². The Morgan fingerprint density at radius 3 is 2.39 bits per heavy atom. The number of ether oxygens (including phenoxy) is 2. The highest BCUT2D eigenvalue weighted by Gasteiger charge is 2.51. The van der Waals surface area contributed by atoms with Crippen molar-refractivity contribution in [1.29, 1.82) is 0 Å². The average Bonchev–Trinajstić information content (AvgIpc) is 3.50. The van der Waals surface area contributed by atoms with Crippen LogP contribution in [0.25, 0.3) is 11.1 Å². The number of methoxy groups -OCH3 is 1. The summed E-state index contributed by atoms with van der Waals surface area (Å²) >= 11 is 1.30. The van der Waals surface area contributed by atoms with Crippen molar-refractivity contribution in [3.63, 3.8) is 0 Å². The van der Waals surface area contributed by atoms with E-state index in [4.69, 9.17) is 9.47 Å². The summed E-state index contributed by atoms with van der Waals surface area (Å²) in [5.74, 6) is -2.72. The molecule has 2 bridgehead atoms. The molecule has 7 nitrogen and oxygen atoms in total. The van der Waals surface area contributed by atoms with Crippen LogP contribution in [-0.4, -0.2) is 31.6 Å². The van der Waals surface area contributed by atoms with E-state index in [1.54, 1.807) is 7.11 Å². The number of hydrogen-bond acceptors (Lipinski definition) is 7. The number of rotatable bonds is 8. The molecule has 33 heavy (non-hydrogen) atoms. The number of anilines is 1. The molecule has 0 spiro atoms. The molecule has 176 valence electrons. The van der Waals surface area contributed by atoms with Gasteiger partial charge in [-0.25, -0.2) is 4.79 Å². The van der Waals surface area contributed by atoms with Crippen LogP contribution in [0.1, 0.15) is 47.8 Å². The van der Waals surface area contributed by atoms with Crippen LogP contribution in [0.4, 0.5) is 5.00 Å². The van der Waals surface area contributed by atoms with Crippen molar-refractivity contribution in [3.05, 3.63) is 34.7 Å². The number of aliphatic carboxylic acids is 1. The molecule has 0 radical (unpaired) electrons. The van der Waals surface area contributed by atoms with Crippen molar-refractivity contribution in [2.24, 2.45) is 23.7 Å². The van der Waals surface area contributed by atoms with E-state index in [1.165, 1.54) is 11.3 Å². The first-order valence-corrected chi connectivity index (χ1v) is 12.1. The number of fused-ring (bicyclic) bond motifs is 2. The highest BCUT2D eigenvalue weighted by Crippen LogP contribution is 2.53. The lowest BCUT2D eigenvalue weighted by Crippen LogP contribution is -2.44. The number of nitrogens with one attached hydrogen (secondary N) is 1. The Kier molecular flexibility index (Phi) is 6.74. The van der Waals surface area contributed by atoms with E-state index in [-0.39, 0.29) is 24.3 Å². The Hall–Kier alpha value is -2.87. The van der Waals surface area contributed by atoms with Gasteiger partial charge in [0.25, 0.3) is 0 Å².